The molecule has 2 aromatic carbocycles. The molecule has 2 saturated heterocycles. The maximum atomic E-state index is 13.0. The van der Waals surface area contributed by atoms with Crippen LogP contribution >= 0.6 is 0 Å². The molecule has 2 aliphatic heterocycles. The van der Waals surface area contributed by atoms with Crippen LogP contribution in [0.5, 0.6) is 0 Å². The number of Topliss-reactive ketones (excluding diaryl/α,β-unsaturated/α-hetero) is 1. The minimum absolute atomic E-state index is 0.00160. The van der Waals surface area contributed by atoms with Crippen LogP contribution in [-0.2, 0) is 29.1 Å². The van der Waals surface area contributed by atoms with Gasteiger partial charge in [0.05, 0.1) is 41.3 Å². The quantitative estimate of drug-likeness (QED) is 0.176. The number of morpholine rings is 1. The molecule has 13 heteroatoms. The van der Waals surface area contributed by atoms with Crippen LogP contribution in [0.4, 0.5) is 5.69 Å². The van der Waals surface area contributed by atoms with E-state index in [-0.39, 0.29) is 53.5 Å². The number of rotatable bonds is 8. The summed E-state index contributed by atoms with van der Waals surface area (Å²) in [5.41, 5.74) is -0.128. The summed E-state index contributed by atoms with van der Waals surface area (Å²) in [6, 6.07) is 9.66. The third-order valence-electron chi connectivity index (χ3n) is 6.21. The second-order valence-corrected chi connectivity index (χ2v) is 10.3. The highest BCUT2D eigenvalue weighted by molar-refractivity contribution is 7.89. The molecular formula is C24H25N3O9S. The number of aliphatic hydroxyl groups excluding tert-OH is 1. The van der Waals surface area contributed by atoms with E-state index in [1.54, 1.807) is 0 Å². The van der Waals surface area contributed by atoms with Crippen molar-refractivity contribution in [3.8, 4) is 0 Å². The average Bonchev–Trinajstić information content (AvgIpc) is 3.17. The van der Waals surface area contributed by atoms with Gasteiger partial charge in [0.15, 0.2) is 0 Å². The van der Waals surface area contributed by atoms with E-state index in [2.05, 4.69) is 0 Å². The number of amides is 1. The predicted octanol–water partition coefficient (Wildman–Crippen LogP) is 1.68. The zero-order valence-electron chi connectivity index (χ0n) is 19.9. The molecule has 0 saturated carbocycles. The lowest BCUT2D eigenvalue weighted by molar-refractivity contribution is -0.384. The number of hydrogen-bond acceptors (Lipinski definition) is 9. The average molecular weight is 532 g/mol. The Balaban J connectivity index is 1.76. The van der Waals surface area contributed by atoms with Crippen LogP contribution in [0, 0.1) is 10.1 Å². The van der Waals surface area contributed by atoms with Crippen molar-refractivity contribution in [1.82, 2.24) is 9.21 Å². The molecule has 2 heterocycles. The first kappa shape index (κ1) is 26.4. The van der Waals surface area contributed by atoms with E-state index in [1.807, 2.05) is 0 Å². The lowest BCUT2D eigenvalue weighted by Gasteiger charge is -2.26. The Morgan fingerprint density at radius 3 is 2.46 bits per heavy atom. The number of likely N-dealkylation sites (tertiary alicyclic amines) is 1. The topological polar surface area (TPSA) is 157 Å². The summed E-state index contributed by atoms with van der Waals surface area (Å²) in [6.45, 7) is 1.11. The second-order valence-electron chi connectivity index (χ2n) is 8.38. The molecule has 2 aromatic rings. The van der Waals surface area contributed by atoms with Gasteiger partial charge < -0.3 is 19.5 Å². The minimum Gasteiger partial charge on any atom is -0.507 e. The van der Waals surface area contributed by atoms with Crippen LogP contribution in [0.1, 0.15) is 17.2 Å². The molecule has 2 aliphatic rings. The lowest BCUT2D eigenvalue weighted by atomic mass is 9.95. The van der Waals surface area contributed by atoms with Crippen LogP contribution < -0.4 is 0 Å². The van der Waals surface area contributed by atoms with Gasteiger partial charge in [0.1, 0.15) is 5.76 Å². The number of nitrogens with zero attached hydrogens (tertiary/aromatic N) is 3. The molecule has 37 heavy (non-hydrogen) atoms. The third-order valence-corrected chi connectivity index (χ3v) is 8.12. The summed E-state index contributed by atoms with van der Waals surface area (Å²) in [7, 11) is -2.36. The Morgan fingerprint density at radius 2 is 1.84 bits per heavy atom. The van der Waals surface area contributed by atoms with Gasteiger partial charge in [0.2, 0.25) is 10.0 Å². The highest BCUT2D eigenvalue weighted by Crippen LogP contribution is 2.40. The van der Waals surface area contributed by atoms with Crippen LogP contribution in [0.25, 0.3) is 5.76 Å². The van der Waals surface area contributed by atoms with E-state index < -0.39 is 38.4 Å². The van der Waals surface area contributed by atoms with Crippen molar-refractivity contribution in [2.45, 2.75) is 10.9 Å². The van der Waals surface area contributed by atoms with Crippen molar-refractivity contribution >= 4 is 33.2 Å². The van der Waals surface area contributed by atoms with Crippen LogP contribution in [-0.4, -0.2) is 85.9 Å². The fourth-order valence-electron chi connectivity index (χ4n) is 4.33. The SMILES string of the molecule is COCCN1C(=O)C(=O)/C(=C(\O)c2ccc(S(=O)(=O)N3CCOCC3)cc2)C1c1cccc([N+](=O)[O-])c1. The van der Waals surface area contributed by atoms with E-state index >= 15 is 0 Å². The molecule has 1 unspecified atom stereocenters. The molecule has 1 N–H and O–H groups in total. The molecule has 12 nitrogen and oxygen atoms in total. The highest BCUT2D eigenvalue weighted by atomic mass is 32.2. The largest absolute Gasteiger partial charge is 0.507 e. The zero-order chi connectivity index (χ0) is 26.7. The summed E-state index contributed by atoms with van der Waals surface area (Å²) in [4.78, 5) is 37.8. The molecule has 0 radical (unpaired) electrons. The first-order valence-electron chi connectivity index (χ1n) is 11.4. The Hall–Kier alpha value is -3.65. The van der Waals surface area contributed by atoms with Crippen molar-refractivity contribution in [1.29, 1.82) is 0 Å². The molecular weight excluding hydrogens is 506 g/mol. The number of non-ortho nitro benzene ring substituents is 1. The number of nitro benzene ring substituents is 1. The number of benzene rings is 2. The molecule has 2 fully saturated rings. The molecule has 1 atom stereocenters. The molecule has 0 bridgehead atoms. The van der Waals surface area contributed by atoms with Gasteiger partial charge in [-0.25, -0.2) is 8.42 Å². The van der Waals surface area contributed by atoms with Crippen LogP contribution in [0.2, 0.25) is 0 Å². The third kappa shape index (κ3) is 5.11. The fraction of sp³-hybridized carbons (Fsp3) is 0.333. The molecule has 0 aromatic heterocycles. The Kier molecular flexibility index (Phi) is 7.68. The molecule has 1 amide bonds. The van der Waals surface area contributed by atoms with Gasteiger partial charge in [0, 0.05) is 44.4 Å². The second kappa shape index (κ2) is 10.8. The number of sulfonamides is 1. The number of ketones is 1. The van der Waals surface area contributed by atoms with E-state index in [4.69, 9.17) is 9.47 Å². The van der Waals surface area contributed by atoms with Gasteiger partial charge in [-0.1, -0.05) is 12.1 Å². The Bertz CT molecular complexity index is 1350. The molecule has 4 rings (SSSR count). The molecule has 0 aliphatic carbocycles. The number of aliphatic hydroxyl groups is 1. The van der Waals surface area contributed by atoms with Gasteiger partial charge in [-0.2, -0.15) is 4.31 Å². The van der Waals surface area contributed by atoms with Crippen molar-refractivity contribution < 1.29 is 37.5 Å². The summed E-state index contributed by atoms with van der Waals surface area (Å²) >= 11 is 0. The van der Waals surface area contributed by atoms with E-state index in [0.717, 1.165) is 0 Å². The van der Waals surface area contributed by atoms with E-state index in [9.17, 15) is 33.2 Å². The van der Waals surface area contributed by atoms with E-state index in [1.165, 1.54) is 64.8 Å². The van der Waals surface area contributed by atoms with Gasteiger partial charge in [-0.3, -0.25) is 19.7 Å². The lowest BCUT2D eigenvalue weighted by Crippen LogP contribution is -2.40. The smallest absolute Gasteiger partial charge is 0.295 e. The van der Waals surface area contributed by atoms with Crippen LogP contribution in [0.3, 0.4) is 0 Å². The van der Waals surface area contributed by atoms with Gasteiger partial charge in [-0.15, -0.1) is 0 Å². The van der Waals surface area contributed by atoms with Gasteiger partial charge >= 0.3 is 0 Å². The summed E-state index contributed by atoms with van der Waals surface area (Å²) in [5, 5.41) is 22.5. The summed E-state index contributed by atoms with van der Waals surface area (Å²) in [6.07, 6.45) is 0. The Morgan fingerprint density at radius 1 is 1.16 bits per heavy atom. The number of hydrogen-bond donors (Lipinski definition) is 1. The van der Waals surface area contributed by atoms with Crippen molar-refractivity contribution in [3.05, 3.63) is 75.3 Å². The van der Waals surface area contributed by atoms with E-state index in [0.29, 0.717) is 13.2 Å². The zero-order valence-corrected chi connectivity index (χ0v) is 20.7. The monoisotopic (exact) mass is 531 g/mol. The van der Waals surface area contributed by atoms with Gasteiger partial charge in [-0.05, 0) is 29.8 Å². The number of nitro groups is 1. The number of carbonyl (C=O) groups excluding carboxylic acids is 2. The first-order valence-corrected chi connectivity index (χ1v) is 12.8. The minimum atomic E-state index is -3.78. The maximum Gasteiger partial charge on any atom is 0.295 e. The Labute approximate surface area is 212 Å². The molecule has 196 valence electrons. The number of carbonyl (C=O) groups is 2. The predicted molar refractivity (Wildman–Crippen MR) is 130 cm³/mol. The normalized spacial score (nSPS) is 20.4. The molecule has 0 spiro atoms. The standard InChI is InChI=1S/C24H25N3O9S/c1-35-12-11-26-21(17-3-2-4-18(15-17)27(31)32)20(23(29)24(26)30)22(28)16-5-7-19(8-6-16)37(33,34)25-9-13-36-14-10-25/h2-8,15,21,28H,9-14H2,1H3/b22-20-. The highest BCUT2D eigenvalue weighted by Gasteiger charge is 2.46. The number of methoxy groups -OCH3 is 1. The maximum absolute atomic E-state index is 13.0. The van der Waals surface area contributed by atoms with Crippen molar-refractivity contribution in [2.75, 3.05) is 46.6 Å². The summed E-state index contributed by atoms with van der Waals surface area (Å²) < 4.78 is 37.4. The first-order chi connectivity index (χ1) is 17.7. The van der Waals surface area contributed by atoms with Crippen molar-refractivity contribution in [2.24, 2.45) is 0 Å². The van der Waals surface area contributed by atoms with Gasteiger partial charge in [0.25, 0.3) is 17.4 Å². The number of ether oxygens (including phenoxy) is 2. The summed E-state index contributed by atoms with van der Waals surface area (Å²) in [5.74, 6) is -2.37. The van der Waals surface area contributed by atoms with Crippen molar-refractivity contribution in [3.63, 3.8) is 0 Å². The van der Waals surface area contributed by atoms with Crippen LogP contribution in [0.15, 0.2) is 59.0 Å². The fourth-order valence-corrected chi connectivity index (χ4v) is 5.74.